The summed E-state index contributed by atoms with van der Waals surface area (Å²) in [6, 6.07) is 7.10. The smallest absolute Gasteiger partial charge is 0.313 e. The number of anilines is 1. The Morgan fingerprint density at radius 2 is 1.74 bits per heavy atom. The van der Waals surface area contributed by atoms with E-state index in [2.05, 4.69) is 44.9 Å². The van der Waals surface area contributed by atoms with Crippen molar-refractivity contribution in [2.24, 2.45) is 5.92 Å². The van der Waals surface area contributed by atoms with Crippen LogP contribution in [0.15, 0.2) is 36.0 Å². The number of carbonyl (C=O) groups excluding carboxylic acids is 1. The molecule has 0 spiro atoms. The van der Waals surface area contributed by atoms with Crippen molar-refractivity contribution in [2.75, 3.05) is 19.5 Å². The monoisotopic (exact) mass is 393 g/mol. The molecule has 3 atom stereocenters. The molecule has 0 aromatic heterocycles. The fourth-order valence-corrected chi connectivity index (χ4v) is 3.70. The summed E-state index contributed by atoms with van der Waals surface area (Å²) in [5.74, 6) is -0.386. The Morgan fingerprint density at radius 1 is 1.19 bits per heavy atom. The predicted octanol–water partition coefficient (Wildman–Crippen LogP) is 4.25. The lowest BCUT2D eigenvalue weighted by Gasteiger charge is -2.35. The first kappa shape index (κ1) is 23.2. The maximum Gasteiger partial charge on any atom is 0.313 e. The minimum absolute atomic E-state index is 0.180. The number of aliphatic hydroxyl groups is 1. The summed E-state index contributed by atoms with van der Waals surface area (Å²) in [7, 11) is 1.27. The summed E-state index contributed by atoms with van der Waals surface area (Å²) in [6.45, 7) is 12.9. The SMILES string of the molecule is COC(=O)[C@H]([C@H](C)O)[C@H](/C=C/[Si](C)(C)C(C)(C)C)Nc1ccc(OC)cc1. The molecular weight excluding hydrogens is 358 g/mol. The largest absolute Gasteiger partial charge is 0.497 e. The fraction of sp³-hybridized carbons (Fsp3) is 0.571. The van der Waals surface area contributed by atoms with Crippen molar-refractivity contribution in [1.29, 1.82) is 0 Å². The molecule has 1 aromatic carbocycles. The van der Waals surface area contributed by atoms with Crippen LogP contribution in [0.4, 0.5) is 5.69 Å². The quantitative estimate of drug-likeness (QED) is 0.510. The molecule has 152 valence electrons. The highest BCUT2D eigenvalue weighted by Crippen LogP contribution is 2.37. The van der Waals surface area contributed by atoms with Crippen LogP contribution in [0.1, 0.15) is 27.7 Å². The molecule has 0 unspecified atom stereocenters. The first-order chi connectivity index (χ1) is 12.4. The molecule has 0 radical (unpaired) electrons. The number of benzene rings is 1. The van der Waals surface area contributed by atoms with Crippen LogP contribution in [-0.4, -0.2) is 45.5 Å². The summed E-state index contributed by atoms with van der Waals surface area (Å²) < 4.78 is 10.1. The van der Waals surface area contributed by atoms with Gasteiger partial charge in [-0.2, -0.15) is 0 Å². The van der Waals surface area contributed by atoms with E-state index in [4.69, 9.17) is 9.47 Å². The standard InChI is InChI=1S/C21H35NO4Si/c1-15(23)19(20(24)26-6)18(13-14-27(7,8)21(2,3)4)22-16-9-11-17(25-5)12-10-16/h9-15,18-19,22-23H,1-8H3/b14-13+/t15-,18-,19+/m0/s1. The molecule has 0 saturated heterocycles. The third-order valence-corrected chi connectivity index (χ3v) is 10.3. The molecule has 0 aliphatic carbocycles. The van der Waals surface area contributed by atoms with E-state index in [0.717, 1.165) is 11.4 Å². The average molecular weight is 394 g/mol. The van der Waals surface area contributed by atoms with Crippen LogP contribution in [0, 0.1) is 5.92 Å². The second-order valence-corrected chi connectivity index (χ2v) is 13.8. The number of methoxy groups -OCH3 is 2. The van der Waals surface area contributed by atoms with Crippen LogP contribution in [0.2, 0.25) is 18.1 Å². The zero-order valence-electron chi connectivity index (χ0n) is 17.9. The van der Waals surface area contributed by atoms with Crippen LogP contribution >= 0.6 is 0 Å². The van der Waals surface area contributed by atoms with Crippen molar-refractivity contribution in [2.45, 2.75) is 58.0 Å². The van der Waals surface area contributed by atoms with Gasteiger partial charge in [0.2, 0.25) is 0 Å². The number of esters is 1. The molecule has 6 heteroatoms. The predicted molar refractivity (Wildman–Crippen MR) is 114 cm³/mol. The first-order valence-electron chi connectivity index (χ1n) is 9.29. The van der Waals surface area contributed by atoms with Crippen LogP contribution in [0.25, 0.3) is 0 Å². The minimum Gasteiger partial charge on any atom is -0.497 e. The molecule has 1 aromatic rings. The lowest BCUT2D eigenvalue weighted by atomic mass is 9.94. The molecule has 0 heterocycles. The van der Waals surface area contributed by atoms with Gasteiger partial charge >= 0.3 is 5.97 Å². The fourth-order valence-electron chi connectivity index (χ4n) is 2.51. The Kier molecular flexibility index (Phi) is 8.11. The molecule has 5 nitrogen and oxygen atoms in total. The van der Waals surface area contributed by atoms with Crippen LogP contribution in [0.3, 0.4) is 0 Å². The van der Waals surface area contributed by atoms with E-state index in [1.807, 2.05) is 30.3 Å². The molecule has 0 bridgehead atoms. The third kappa shape index (κ3) is 6.39. The van der Waals surface area contributed by atoms with Crippen molar-refractivity contribution < 1.29 is 19.4 Å². The number of carbonyl (C=O) groups is 1. The summed E-state index contributed by atoms with van der Waals surface area (Å²) in [4.78, 5) is 12.3. The van der Waals surface area contributed by atoms with Crippen molar-refractivity contribution in [3.8, 4) is 5.75 Å². The van der Waals surface area contributed by atoms with Gasteiger partial charge in [0.05, 0.1) is 34.4 Å². The molecule has 0 fully saturated rings. The van der Waals surface area contributed by atoms with E-state index in [0.29, 0.717) is 0 Å². The van der Waals surface area contributed by atoms with Gasteiger partial charge in [0.25, 0.3) is 0 Å². The maximum absolute atomic E-state index is 12.3. The number of hydrogen-bond donors (Lipinski definition) is 2. The summed E-state index contributed by atoms with van der Waals surface area (Å²) in [5, 5.41) is 13.8. The van der Waals surface area contributed by atoms with Gasteiger partial charge in [-0.15, -0.1) is 0 Å². The number of aliphatic hydroxyl groups excluding tert-OH is 1. The van der Waals surface area contributed by atoms with Crippen molar-refractivity contribution >= 4 is 19.7 Å². The van der Waals surface area contributed by atoms with Gasteiger partial charge < -0.3 is 19.9 Å². The lowest BCUT2D eigenvalue weighted by molar-refractivity contribution is -0.149. The van der Waals surface area contributed by atoms with E-state index in [1.165, 1.54) is 7.11 Å². The first-order valence-corrected chi connectivity index (χ1v) is 12.4. The van der Waals surface area contributed by atoms with E-state index in [-0.39, 0.29) is 11.1 Å². The summed E-state index contributed by atoms with van der Waals surface area (Å²) in [5.41, 5.74) is 3.09. The Bertz CT molecular complexity index is 633. The Labute approximate surface area is 164 Å². The van der Waals surface area contributed by atoms with Gasteiger partial charge in [-0.05, 0) is 36.2 Å². The normalized spacial score (nSPS) is 15.9. The maximum atomic E-state index is 12.3. The molecule has 27 heavy (non-hydrogen) atoms. The van der Waals surface area contributed by atoms with Crippen molar-refractivity contribution in [1.82, 2.24) is 0 Å². The molecule has 0 saturated carbocycles. The molecule has 0 aliphatic rings. The van der Waals surface area contributed by atoms with Gasteiger partial charge in [0.15, 0.2) is 0 Å². The van der Waals surface area contributed by atoms with Gasteiger partial charge in [-0.3, -0.25) is 4.79 Å². The van der Waals surface area contributed by atoms with Gasteiger partial charge in [0, 0.05) is 5.69 Å². The van der Waals surface area contributed by atoms with E-state index in [1.54, 1.807) is 14.0 Å². The summed E-state index contributed by atoms with van der Waals surface area (Å²) >= 11 is 0. The average Bonchev–Trinajstić information content (AvgIpc) is 2.58. The number of ether oxygens (including phenoxy) is 2. The Morgan fingerprint density at radius 3 is 2.15 bits per heavy atom. The molecule has 0 amide bonds. The Hall–Kier alpha value is -1.79. The minimum atomic E-state index is -1.70. The molecular formula is C21H35NO4Si. The highest BCUT2D eigenvalue weighted by molar-refractivity contribution is 6.84. The lowest BCUT2D eigenvalue weighted by Crippen LogP contribution is -2.42. The number of hydrogen-bond acceptors (Lipinski definition) is 5. The Balaban J connectivity index is 3.23. The molecule has 1 rings (SSSR count). The van der Waals surface area contributed by atoms with Crippen molar-refractivity contribution in [3.05, 3.63) is 36.0 Å². The van der Waals surface area contributed by atoms with Gasteiger partial charge in [-0.25, -0.2) is 0 Å². The van der Waals surface area contributed by atoms with Gasteiger partial charge in [-0.1, -0.05) is 45.6 Å². The highest BCUT2D eigenvalue weighted by Gasteiger charge is 2.35. The number of rotatable bonds is 8. The van der Waals surface area contributed by atoms with E-state index in [9.17, 15) is 9.90 Å². The van der Waals surface area contributed by atoms with Crippen LogP contribution in [-0.2, 0) is 9.53 Å². The molecule has 2 N–H and O–H groups in total. The van der Waals surface area contributed by atoms with E-state index >= 15 is 0 Å². The number of nitrogens with one attached hydrogen (secondary N) is 1. The highest BCUT2D eigenvalue weighted by atomic mass is 28.3. The summed E-state index contributed by atoms with van der Waals surface area (Å²) in [6.07, 6.45) is 1.17. The van der Waals surface area contributed by atoms with E-state index < -0.39 is 26.1 Å². The zero-order valence-corrected chi connectivity index (χ0v) is 18.9. The second kappa shape index (κ2) is 9.42. The zero-order chi connectivity index (χ0) is 20.8. The molecule has 0 aliphatic heterocycles. The topological polar surface area (TPSA) is 67.8 Å². The van der Waals surface area contributed by atoms with Crippen molar-refractivity contribution in [3.63, 3.8) is 0 Å². The van der Waals surface area contributed by atoms with Gasteiger partial charge in [0.1, 0.15) is 11.7 Å². The van der Waals surface area contributed by atoms with Crippen LogP contribution < -0.4 is 10.1 Å². The second-order valence-electron chi connectivity index (χ2n) is 8.52. The third-order valence-electron chi connectivity index (χ3n) is 5.46. The van der Waals surface area contributed by atoms with Crippen LogP contribution in [0.5, 0.6) is 5.75 Å².